The Bertz CT molecular complexity index is 812. The lowest BCUT2D eigenvalue weighted by atomic mass is 10.1. The Balaban J connectivity index is 1.66. The fraction of sp³-hybridized carbons (Fsp3) is 0.500. The first kappa shape index (κ1) is 18.9. The third kappa shape index (κ3) is 3.62. The van der Waals surface area contributed by atoms with Gasteiger partial charge in [-0.05, 0) is 57.7 Å². The van der Waals surface area contributed by atoms with Crippen molar-refractivity contribution < 1.29 is 19.1 Å². The van der Waals surface area contributed by atoms with Crippen molar-refractivity contribution >= 4 is 23.1 Å². The van der Waals surface area contributed by atoms with Crippen molar-refractivity contribution in [2.45, 2.75) is 46.1 Å². The number of aromatic nitrogens is 1. The molecule has 2 aromatic heterocycles. The molecule has 6 heteroatoms. The van der Waals surface area contributed by atoms with E-state index < -0.39 is 5.97 Å². The van der Waals surface area contributed by atoms with E-state index in [1.165, 1.54) is 21.8 Å². The van der Waals surface area contributed by atoms with Gasteiger partial charge in [-0.2, -0.15) is 0 Å². The maximum Gasteiger partial charge on any atom is 0.348 e. The lowest BCUT2D eigenvalue weighted by molar-refractivity contribution is 0.0479. The van der Waals surface area contributed by atoms with Crippen LogP contribution in [0.3, 0.4) is 0 Å². The molecule has 0 N–H and O–H groups in total. The second-order valence-corrected chi connectivity index (χ2v) is 8.01. The monoisotopic (exact) mass is 375 g/mol. The first-order valence-corrected chi connectivity index (χ1v) is 9.73. The average Bonchev–Trinajstić information content (AvgIpc) is 3.26. The molecule has 0 fully saturated rings. The molecule has 26 heavy (non-hydrogen) atoms. The Hall–Kier alpha value is -1.92. The van der Waals surface area contributed by atoms with E-state index >= 15 is 0 Å². The number of methoxy groups -OCH3 is 1. The van der Waals surface area contributed by atoms with Gasteiger partial charge in [-0.3, -0.25) is 4.79 Å². The minimum atomic E-state index is -0.403. The number of aryl methyl sites for hydroxylation is 3. The van der Waals surface area contributed by atoms with Gasteiger partial charge in [0.15, 0.2) is 6.61 Å². The molecule has 0 spiro atoms. The lowest BCUT2D eigenvalue weighted by Crippen LogP contribution is -2.16. The van der Waals surface area contributed by atoms with Crippen LogP contribution in [0.1, 0.15) is 61.2 Å². The fourth-order valence-electron chi connectivity index (χ4n) is 3.76. The van der Waals surface area contributed by atoms with Crippen molar-refractivity contribution in [3.05, 3.63) is 44.4 Å². The van der Waals surface area contributed by atoms with E-state index in [9.17, 15) is 9.59 Å². The van der Waals surface area contributed by atoms with E-state index in [0.29, 0.717) is 17.0 Å². The minimum absolute atomic E-state index is 0.137. The standard InChI is InChI=1S/C20H25NO4S/c1-12-8-16(14(3)21(12)13(2)10-24-4)17(22)11-25-20(23)19-9-15-6-5-7-18(15)26-19/h8-9,13H,5-7,10-11H2,1-4H3/t13-/m1/s1. The third-order valence-corrected chi connectivity index (χ3v) is 6.13. The van der Waals surface area contributed by atoms with Gasteiger partial charge in [-0.15, -0.1) is 11.3 Å². The lowest BCUT2D eigenvalue weighted by Gasteiger charge is -2.17. The molecule has 140 valence electrons. The predicted octanol–water partition coefficient (Wildman–Crippen LogP) is 3.90. The van der Waals surface area contributed by atoms with Crippen LogP contribution in [-0.2, 0) is 22.3 Å². The molecule has 0 unspecified atom stereocenters. The first-order chi connectivity index (χ1) is 12.4. The van der Waals surface area contributed by atoms with Crippen LogP contribution < -0.4 is 0 Å². The Morgan fingerprint density at radius 3 is 2.73 bits per heavy atom. The van der Waals surface area contributed by atoms with Crippen LogP contribution in [0.2, 0.25) is 0 Å². The topological polar surface area (TPSA) is 57.5 Å². The summed E-state index contributed by atoms with van der Waals surface area (Å²) in [7, 11) is 1.66. The van der Waals surface area contributed by atoms with Gasteiger partial charge >= 0.3 is 5.97 Å². The first-order valence-electron chi connectivity index (χ1n) is 8.91. The molecule has 3 rings (SSSR count). The Morgan fingerprint density at radius 1 is 1.27 bits per heavy atom. The summed E-state index contributed by atoms with van der Waals surface area (Å²) in [6, 6.07) is 3.91. The summed E-state index contributed by atoms with van der Waals surface area (Å²) in [5.41, 5.74) is 3.73. The number of carbonyl (C=O) groups is 2. The summed E-state index contributed by atoms with van der Waals surface area (Å²) in [6.07, 6.45) is 3.23. The molecular formula is C20H25NO4S. The van der Waals surface area contributed by atoms with Crippen molar-refractivity contribution in [2.75, 3.05) is 20.3 Å². The number of esters is 1. The molecule has 0 aromatic carbocycles. The average molecular weight is 375 g/mol. The zero-order valence-electron chi connectivity index (χ0n) is 15.8. The molecule has 0 saturated carbocycles. The predicted molar refractivity (Wildman–Crippen MR) is 101 cm³/mol. The number of Topliss-reactive ketones (excluding diaryl/α,β-unsaturated/α-hetero) is 1. The number of nitrogens with zero attached hydrogens (tertiary/aromatic N) is 1. The quantitative estimate of drug-likeness (QED) is 0.544. The molecular weight excluding hydrogens is 350 g/mol. The number of thiophene rings is 1. The van der Waals surface area contributed by atoms with Gasteiger partial charge in [-0.25, -0.2) is 4.79 Å². The molecule has 0 radical (unpaired) electrons. The smallest absolute Gasteiger partial charge is 0.348 e. The maximum atomic E-state index is 12.6. The molecule has 2 heterocycles. The number of rotatable bonds is 7. The van der Waals surface area contributed by atoms with Crippen LogP contribution >= 0.6 is 11.3 Å². The van der Waals surface area contributed by atoms with Crippen LogP contribution in [-0.4, -0.2) is 36.6 Å². The van der Waals surface area contributed by atoms with E-state index in [-0.39, 0.29) is 18.4 Å². The van der Waals surface area contributed by atoms with Gasteiger partial charge < -0.3 is 14.0 Å². The number of ether oxygens (including phenoxy) is 2. The number of hydrogen-bond donors (Lipinski definition) is 0. The van der Waals surface area contributed by atoms with E-state index in [1.54, 1.807) is 7.11 Å². The summed E-state index contributed by atoms with van der Waals surface area (Å²) in [5, 5.41) is 0. The number of fused-ring (bicyclic) bond motifs is 1. The summed E-state index contributed by atoms with van der Waals surface area (Å²) in [4.78, 5) is 26.7. The van der Waals surface area contributed by atoms with Crippen LogP contribution in [0.25, 0.3) is 0 Å². The van der Waals surface area contributed by atoms with E-state index in [0.717, 1.165) is 30.7 Å². The molecule has 0 bridgehead atoms. The molecule has 0 aliphatic heterocycles. The van der Waals surface area contributed by atoms with Crippen LogP contribution in [0, 0.1) is 13.8 Å². The van der Waals surface area contributed by atoms with Crippen molar-refractivity contribution in [1.29, 1.82) is 0 Å². The highest BCUT2D eigenvalue weighted by Crippen LogP contribution is 2.31. The van der Waals surface area contributed by atoms with Crippen LogP contribution in [0.15, 0.2) is 12.1 Å². The number of carbonyl (C=O) groups excluding carboxylic acids is 2. The van der Waals surface area contributed by atoms with Gasteiger partial charge in [0.05, 0.1) is 12.6 Å². The van der Waals surface area contributed by atoms with Crippen LogP contribution in [0.5, 0.6) is 0 Å². The van der Waals surface area contributed by atoms with E-state index in [4.69, 9.17) is 9.47 Å². The van der Waals surface area contributed by atoms with Crippen molar-refractivity contribution in [3.63, 3.8) is 0 Å². The summed E-state index contributed by atoms with van der Waals surface area (Å²) < 4.78 is 12.6. The zero-order chi connectivity index (χ0) is 18.8. The molecule has 0 saturated heterocycles. The Morgan fingerprint density at radius 2 is 2.04 bits per heavy atom. The molecule has 1 aliphatic rings. The van der Waals surface area contributed by atoms with Crippen molar-refractivity contribution in [1.82, 2.24) is 4.57 Å². The van der Waals surface area contributed by atoms with Crippen molar-refractivity contribution in [2.24, 2.45) is 0 Å². The highest BCUT2D eigenvalue weighted by molar-refractivity contribution is 7.14. The second kappa shape index (κ2) is 7.76. The summed E-state index contributed by atoms with van der Waals surface area (Å²) >= 11 is 1.49. The fourth-order valence-corrected chi connectivity index (χ4v) is 4.91. The SMILES string of the molecule is COC[C@@H](C)n1c(C)cc(C(=O)COC(=O)c2cc3c(s2)CCC3)c1C. The summed E-state index contributed by atoms with van der Waals surface area (Å²) in [6.45, 7) is 6.27. The van der Waals surface area contributed by atoms with E-state index in [1.807, 2.05) is 32.9 Å². The number of hydrogen-bond acceptors (Lipinski definition) is 5. The van der Waals surface area contributed by atoms with E-state index in [2.05, 4.69) is 4.57 Å². The highest BCUT2D eigenvalue weighted by Gasteiger charge is 2.22. The van der Waals surface area contributed by atoms with Gasteiger partial charge in [0.25, 0.3) is 0 Å². The Kier molecular flexibility index (Phi) is 5.63. The molecule has 1 atom stereocenters. The molecule has 5 nitrogen and oxygen atoms in total. The Labute approximate surface area is 157 Å². The second-order valence-electron chi connectivity index (χ2n) is 6.87. The highest BCUT2D eigenvalue weighted by atomic mass is 32.1. The normalized spacial score (nSPS) is 14.3. The third-order valence-electron chi connectivity index (χ3n) is 4.92. The molecule has 2 aromatic rings. The maximum absolute atomic E-state index is 12.6. The van der Waals surface area contributed by atoms with Gasteiger partial charge in [0.2, 0.25) is 5.78 Å². The van der Waals surface area contributed by atoms with Gasteiger partial charge in [-0.1, -0.05) is 0 Å². The molecule has 0 amide bonds. The van der Waals surface area contributed by atoms with Crippen molar-refractivity contribution in [3.8, 4) is 0 Å². The van der Waals surface area contributed by atoms with Crippen LogP contribution in [0.4, 0.5) is 0 Å². The largest absolute Gasteiger partial charge is 0.453 e. The zero-order valence-corrected chi connectivity index (χ0v) is 16.6. The molecule has 1 aliphatic carbocycles. The van der Waals surface area contributed by atoms with Gasteiger partial charge in [0, 0.05) is 28.9 Å². The number of ketones is 1. The van der Waals surface area contributed by atoms with Gasteiger partial charge in [0.1, 0.15) is 4.88 Å². The minimum Gasteiger partial charge on any atom is -0.453 e. The summed E-state index contributed by atoms with van der Waals surface area (Å²) in [5.74, 6) is -0.578.